The minimum atomic E-state index is -0.977. The van der Waals surface area contributed by atoms with Gasteiger partial charge in [0.1, 0.15) is 17.5 Å². The van der Waals surface area contributed by atoms with E-state index in [1.54, 1.807) is 61.5 Å². The Morgan fingerprint density at radius 1 is 1.10 bits per heavy atom. The summed E-state index contributed by atoms with van der Waals surface area (Å²) >= 11 is 0. The predicted octanol–water partition coefficient (Wildman–Crippen LogP) is 4.04. The van der Waals surface area contributed by atoms with Crippen LogP contribution in [0.5, 0.6) is 11.5 Å². The van der Waals surface area contributed by atoms with Gasteiger partial charge in [-0.3, -0.25) is 4.84 Å². The van der Waals surface area contributed by atoms with Crippen molar-refractivity contribution in [2.24, 2.45) is 10.4 Å². The summed E-state index contributed by atoms with van der Waals surface area (Å²) in [6, 6.07) is 14.8. The van der Waals surface area contributed by atoms with E-state index in [1.165, 1.54) is 0 Å². The maximum absolute atomic E-state index is 11.3. The summed E-state index contributed by atoms with van der Waals surface area (Å²) in [6.07, 6.45) is -0.977. The number of phenolic OH excluding ortho intramolecular Hbond substituents is 1. The van der Waals surface area contributed by atoms with Crippen LogP contribution in [-0.4, -0.2) is 11.3 Å². The number of carbonyl (C=O) groups excluding carboxylic acids is 1. The first-order valence-electron chi connectivity index (χ1n) is 6.28. The second kappa shape index (κ2) is 7.04. The predicted molar refractivity (Wildman–Crippen MR) is 74.9 cm³/mol. The van der Waals surface area contributed by atoms with Gasteiger partial charge in [-0.1, -0.05) is 36.4 Å². The fourth-order valence-corrected chi connectivity index (χ4v) is 1.63. The second-order valence-corrected chi connectivity index (χ2v) is 4.19. The van der Waals surface area contributed by atoms with Gasteiger partial charge in [0, 0.05) is 10.8 Å². The van der Waals surface area contributed by atoms with Crippen LogP contribution in [-0.2, 0) is 4.84 Å². The van der Waals surface area contributed by atoms with E-state index in [2.05, 4.69) is 15.2 Å². The standard InChI is InChI=1S/C15H14N2O4/c1-11(13-9-5-6-10-14(13)18)16-17-21-15(19)20-12-7-3-2-4-8-12/h2-11,18H,1H3. The summed E-state index contributed by atoms with van der Waals surface area (Å²) < 4.78 is 4.86. The van der Waals surface area contributed by atoms with Gasteiger partial charge in [-0.05, 0) is 25.1 Å². The summed E-state index contributed by atoms with van der Waals surface area (Å²) in [5, 5.41) is 16.8. The molecule has 0 saturated carbocycles. The Labute approximate surface area is 121 Å². The molecule has 0 bridgehead atoms. The molecule has 0 fully saturated rings. The van der Waals surface area contributed by atoms with Crippen molar-refractivity contribution in [1.29, 1.82) is 0 Å². The van der Waals surface area contributed by atoms with Gasteiger partial charge >= 0.3 is 6.16 Å². The highest BCUT2D eigenvalue weighted by Gasteiger charge is 2.09. The fourth-order valence-electron chi connectivity index (χ4n) is 1.63. The molecule has 0 aliphatic heterocycles. The lowest BCUT2D eigenvalue weighted by Gasteiger charge is -2.06. The quantitative estimate of drug-likeness (QED) is 0.398. The Balaban J connectivity index is 1.87. The molecule has 1 atom stereocenters. The zero-order valence-electron chi connectivity index (χ0n) is 11.3. The van der Waals surface area contributed by atoms with Gasteiger partial charge in [0.15, 0.2) is 0 Å². The molecule has 0 heterocycles. The molecule has 21 heavy (non-hydrogen) atoms. The number of carbonyl (C=O) groups is 1. The molecule has 1 N–H and O–H groups in total. The van der Waals surface area contributed by atoms with Gasteiger partial charge in [-0.2, -0.15) is 0 Å². The first kappa shape index (κ1) is 14.5. The Morgan fingerprint density at radius 2 is 1.76 bits per heavy atom. The molecule has 0 spiro atoms. The lowest BCUT2D eigenvalue weighted by Crippen LogP contribution is -2.06. The lowest BCUT2D eigenvalue weighted by molar-refractivity contribution is 0.0923. The van der Waals surface area contributed by atoms with E-state index in [0.717, 1.165) is 0 Å². The SMILES string of the molecule is CC(N=NOC(=O)Oc1ccccc1)c1ccccc1O. The normalized spacial score (nSPS) is 12.0. The number of para-hydroxylation sites is 2. The molecule has 2 aromatic carbocycles. The van der Waals surface area contributed by atoms with Gasteiger partial charge in [0.05, 0.1) is 0 Å². The third-order valence-corrected chi connectivity index (χ3v) is 2.67. The van der Waals surface area contributed by atoms with Crippen LogP contribution in [0.3, 0.4) is 0 Å². The minimum Gasteiger partial charge on any atom is -0.508 e. The summed E-state index contributed by atoms with van der Waals surface area (Å²) in [6.45, 7) is 1.71. The summed E-state index contributed by atoms with van der Waals surface area (Å²) in [4.78, 5) is 15.8. The molecule has 2 aromatic rings. The van der Waals surface area contributed by atoms with Crippen molar-refractivity contribution in [3.63, 3.8) is 0 Å². The number of rotatable bonds is 4. The van der Waals surface area contributed by atoms with Crippen LogP contribution in [0.25, 0.3) is 0 Å². The van der Waals surface area contributed by atoms with Crippen molar-refractivity contribution < 1.29 is 19.5 Å². The fraction of sp³-hybridized carbons (Fsp3) is 0.133. The zero-order chi connectivity index (χ0) is 15.1. The average molecular weight is 286 g/mol. The highest BCUT2D eigenvalue weighted by atomic mass is 16.8. The van der Waals surface area contributed by atoms with Crippen LogP contribution in [0, 0.1) is 0 Å². The molecule has 6 nitrogen and oxygen atoms in total. The van der Waals surface area contributed by atoms with E-state index in [0.29, 0.717) is 11.3 Å². The largest absolute Gasteiger partial charge is 0.542 e. The Kier molecular flexibility index (Phi) is 4.87. The van der Waals surface area contributed by atoms with Crippen LogP contribution in [0.4, 0.5) is 4.79 Å². The Bertz CT molecular complexity index is 629. The van der Waals surface area contributed by atoms with Gasteiger partial charge in [-0.25, -0.2) is 4.79 Å². The molecule has 6 heteroatoms. The van der Waals surface area contributed by atoms with Crippen molar-refractivity contribution in [2.75, 3.05) is 0 Å². The first-order valence-corrected chi connectivity index (χ1v) is 6.28. The number of phenols is 1. The monoisotopic (exact) mass is 286 g/mol. The van der Waals surface area contributed by atoms with Crippen molar-refractivity contribution in [3.05, 3.63) is 60.2 Å². The van der Waals surface area contributed by atoms with E-state index in [4.69, 9.17) is 4.74 Å². The molecule has 0 saturated heterocycles. The molecular weight excluding hydrogens is 272 g/mol. The Hall–Kier alpha value is -2.89. The van der Waals surface area contributed by atoms with Gasteiger partial charge in [0.2, 0.25) is 0 Å². The number of aromatic hydroxyl groups is 1. The molecule has 2 rings (SSSR count). The summed E-state index contributed by atoms with van der Waals surface area (Å²) in [5.74, 6) is 0.460. The second-order valence-electron chi connectivity index (χ2n) is 4.19. The van der Waals surface area contributed by atoms with Crippen molar-refractivity contribution >= 4 is 6.16 Å². The number of nitrogens with zero attached hydrogens (tertiary/aromatic N) is 2. The van der Waals surface area contributed by atoms with Gasteiger partial charge < -0.3 is 9.84 Å². The van der Waals surface area contributed by atoms with Crippen LogP contribution in [0.15, 0.2) is 65.0 Å². The molecule has 108 valence electrons. The van der Waals surface area contributed by atoms with Crippen LogP contribution in [0.1, 0.15) is 18.5 Å². The summed E-state index contributed by atoms with van der Waals surface area (Å²) in [7, 11) is 0. The van der Waals surface area contributed by atoms with Crippen molar-refractivity contribution in [3.8, 4) is 11.5 Å². The number of benzene rings is 2. The number of hydrogen-bond acceptors (Lipinski definition) is 6. The smallest absolute Gasteiger partial charge is 0.508 e. The van der Waals surface area contributed by atoms with E-state index in [9.17, 15) is 9.90 Å². The average Bonchev–Trinajstić information content (AvgIpc) is 2.48. The van der Waals surface area contributed by atoms with E-state index in [-0.39, 0.29) is 5.75 Å². The third kappa shape index (κ3) is 4.31. The molecule has 0 aliphatic rings. The third-order valence-electron chi connectivity index (χ3n) is 2.67. The molecule has 0 radical (unpaired) electrons. The van der Waals surface area contributed by atoms with Crippen LogP contribution < -0.4 is 4.74 Å². The van der Waals surface area contributed by atoms with Crippen molar-refractivity contribution in [2.45, 2.75) is 13.0 Å². The zero-order valence-corrected chi connectivity index (χ0v) is 11.3. The van der Waals surface area contributed by atoms with Crippen LogP contribution >= 0.6 is 0 Å². The first-order chi connectivity index (χ1) is 10.2. The molecule has 0 aliphatic carbocycles. The van der Waals surface area contributed by atoms with Crippen molar-refractivity contribution in [1.82, 2.24) is 0 Å². The number of hydrogen-bond donors (Lipinski definition) is 1. The highest BCUT2D eigenvalue weighted by Crippen LogP contribution is 2.26. The molecular formula is C15H14N2O4. The van der Waals surface area contributed by atoms with E-state index < -0.39 is 12.2 Å². The Morgan fingerprint density at radius 3 is 2.48 bits per heavy atom. The van der Waals surface area contributed by atoms with E-state index >= 15 is 0 Å². The maximum atomic E-state index is 11.3. The molecule has 0 aromatic heterocycles. The number of ether oxygens (including phenoxy) is 1. The minimum absolute atomic E-state index is 0.107. The molecule has 1 unspecified atom stereocenters. The van der Waals surface area contributed by atoms with Gasteiger partial charge in [-0.15, -0.1) is 5.11 Å². The highest BCUT2D eigenvalue weighted by molar-refractivity contribution is 5.63. The lowest BCUT2D eigenvalue weighted by atomic mass is 10.1. The maximum Gasteiger partial charge on any atom is 0.542 e. The van der Waals surface area contributed by atoms with E-state index in [1.807, 2.05) is 0 Å². The van der Waals surface area contributed by atoms with Gasteiger partial charge in [0.25, 0.3) is 0 Å². The topological polar surface area (TPSA) is 80.5 Å². The van der Waals surface area contributed by atoms with Crippen LogP contribution in [0.2, 0.25) is 0 Å². The molecule has 0 amide bonds. The summed E-state index contributed by atoms with van der Waals surface area (Å²) in [5.41, 5.74) is 0.585.